The lowest BCUT2D eigenvalue weighted by atomic mass is 10.1. The van der Waals surface area contributed by atoms with Gasteiger partial charge in [-0.25, -0.2) is 4.39 Å². The number of ether oxygens (including phenoxy) is 3. The van der Waals surface area contributed by atoms with Crippen molar-refractivity contribution >= 4 is 17.0 Å². The predicted octanol–water partition coefficient (Wildman–Crippen LogP) is 5.00. The molecular weight excluding hydrogens is 383 g/mol. The fourth-order valence-electron chi connectivity index (χ4n) is 3.43. The minimum absolute atomic E-state index is 0.0334. The number of rotatable bonds is 6. The Morgan fingerprint density at radius 2 is 2.03 bits per heavy atom. The Balaban J connectivity index is 1.52. The van der Waals surface area contributed by atoms with Crippen LogP contribution in [0.15, 0.2) is 42.1 Å². The molecule has 1 saturated carbocycles. The highest BCUT2D eigenvalue weighted by Crippen LogP contribution is 2.40. The van der Waals surface area contributed by atoms with E-state index in [1.165, 1.54) is 25.4 Å². The number of fused-ring (bicyclic) bond motifs is 2. The Hall–Kier alpha value is -3.12. The maximum atomic E-state index is 15.1. The molecule has 0 saturated heterocycles. The van der Waals surface area contributed by atoms with E-state index in [1.54, 1.807) is 18.2 Å². The van der Waals surface area contributed by atoms with Crippen LogP contribution in [0.2, 0.25) is 0 Å². The summed E-state index contributed by atoms with van der Waals surface area (Å²) >= 11 is 0. The van der Waals surface area contributed by atoms with Crippen LogP contribution in [0.3, 0.4) is 0 Å². The van der Waals surface area contributed by atoms with Gasteiger partial charge in [-0.3, -0.25) is 4.98 Å². The average molecular weight is 412 g/mol. The van der Waals surface area contributed by atoms with Crippen molar-refractivity contribution in [2.24, 2.45) is 5.73 Å². The molecule has 0 aliphatic heterocycles. The van der Waals surface area contributed by atoms with Crippen LogP contribution >= 0.6 is 0 Å². The first kappa shape index (κ1) is 13.2. The number of nitrogens with two attached hydrogens (primary N) is 1. The van der Waals surface area contributed by atoms with Gasteiger partial charge in [0.2, 0.25) is 0 Å². The number of hydrogen-bond acceptors (Lipinski definition) is 5. The highest BCUT2D eigenvalue weighted by Gasteiger charge is 2.39. The molecule has 5 rings (SSSR count). The van der Waals surface area contributed by atoms with Gasteiger partial charge in [-0.1, -0.05) is 17.7 Å². The van der Waals surface area contributed by atoms with Crippen LogP contribution in [-0.4, -0.2) is 24.2 Å². The van der Waals surface area contributed by atoms with E-state index in [2.05, 4.69) is 4.98 Å². The van der Waals surface area contributed by atoms with Crippen LogP contribution in [0, 0.1) is 5.82 Å². The van der Waals surface area contributed by atoms with E-state index in [9.17, 15) is 0 Å². The molecule has 30 heavy (non-hydrogen) atoms. The first-order chi connectivity index (χ1) is 16.7. The van der Waals surface area contributed by atoms with E-state index < -0.39 is 30.7 Å². The molecule has 0 atom stereocenters. The SMILES string of the molecule is [2H]C([2H])(Oc1cc2nccc(Oc3ccc4c(c3F)C=C(C)C4)c2cc1OC)C1(N)C([2H])([2H])C1([2H])[2H]. The first-order valence-electron chi connectivity index (χ1n) is 12.4. The minimum Gasteiger partial charge on any atom is -0.493 e. The summed E-state index contributed by atoms with van der Waals surface area (Å²) < 4.78 is 79.6. The minimum atomic E-state index is -2.94. The molecule has 1 fully saturated rings. The second kappa shape index (κ2) is 6.99. The van der Waals surface area contributed by atoms with Gasteiger partial charge in [0.15, 0.2) is 23.1 Å². The molecule has 0 bridgehead atoms. The van der Waals surface area contributed by atoms with Crippen molar-refractivity contribution in [2.75, 3.05) is 13.7 Å². The maximum absolute atomic E-state index is 15.1. The zero-order valence-corrected chi connectivity index (χ0v) is 16.4. The zero-order valence-electron chi connectivity index (χ0n) is 22.4. The van der Waals surface area contributed by atoms with Crippen LogP contribution in [0.4, 0.5) is 4.39 Å². The Kier molecular flexibility index (Phi) is 3.08. The molecule has 0 amide bonds. The lowest BCUT2D eigenvalue weighted by Crippen LogP contribution is -2.29. The third-order valence-electron chi connectivity index (χ3n) is 5.02. The lowest BCUT2D eigenvalue weighted by molar-refractivity contribution is 0.264. The third kappa shape index (κ3) is 3.37. The van der Waals surface area contributed by atoms with Crippen molar-refractivity contribution in [3.8, 4) is 23.0 Å². The quantitative estimate of drug-likeness (QED) is 0.617. The molecule has 0 unspecified atom stereocenters. The van der Waals surface area contributed by atoms with Gasteiger partial charge < -0.3 is 19.9 Å². The smallest absolute Gasteiger partial charge is 0.173 e. The summed E-state index contributed by atoms with van der Waals surface area (Å²) in [4.78, 5) is 4.25. The molecule has 5 nitrogen and oxygen atoms in total. The number of halogens is 1. The second-order valence-electron chi connectivity index (χ2n) is 7.31. The van der Waals surface area contributed by atoms with Gasteiger partial charge in [-0.2, -0.15) is 0 Å². The normalized spacial score (nSPS) is 23.0. The number of methoxy groups -OCH3 is 1. The van der Waals surface area contributed by atoms with E-state index in [-0.39, 0.29) is 23.0 Å². The van der Waals surface area contributed by atoms with Crippen LogP contribution in [0.5, 0.6) is 23.0 Å². The lowest BCUT2D eigenvalue weighted by Gasteiger charge is -2.16. The fraction of sp³-hybridized carbons (Fsp3) is 0.292. The van der Waals surface area contributed by atoms with Crippen molar-refractivity contribution in [3.05, 3.63) is 59.0 Å². The molecule has 1 aromatic heterocycles. The van der Waals surface area contributed by atoms with E-state index in [4.69, 9.17) is 28.2 Å². The number of allylic oxidation sites excluding steroid dienone is 1. The molecule has 1 heterocycles. The van der Waals surface area contributed by atoms with Crippen molar-refractivity contribution in [2.45, 2.75) is 31.6 Å². The highest BCUT2D eigenvalue weighted by atomic mass is 19.1. The van der Waals surface area contributed by atoms with Crippen LogP contribution in [0.1, 0.15) is 39.0 Å². The summed E-state index contributed by atoms with van der Waals surface area (Å²) in [6, 6.07) is 7.75. The molecule has 6 heteroatoms. The molecule has 2 N–H and O–H groups in total. The van der Waals surface area contributed by atoms with Crippen molar-refractivity contribution in [1.82, 2.24) is 4.98 Å². The number of nitrogens with zero attached hydrogens (tertiary/aromatic N) is 1. The van der Waals surface area contributed by atoms with Crippen LogP contribution < -0.4 is 19.9 Å². The maximum Gasteiger partial charge on any atom is 0.173 e. The number of pyridine rings is 1. The summed E-state index contributed by atoms with van der Waals surface area (Å²) in [5, 5.41) is 0.424. The molecule has 154 valence electrons. The monoisotopic (exact) mass is 412 g/mol. The van der Waals surface area contributed by atoms with Gasteiger partial charge in [-0.15, -0.1) is 0 Å². The van der Waals surface area contributed by atoms with Gasteiger partial charge >= 0.3 is 0 Å². The predicted molar refractivity (Wildman–Crippen MR) is 114 cm³/mol. The van der Waals surface area contributed by atoms with Crippen molar-refractivity contribution in [3.63, 3.8) is 0 Å². The summed E-state index contributed by atoms with van der Waals surface area (Å²) in [7, 11) is 1.32. The molecule has 2 aliphatic carbocycles. The van der Waals surface area contributed by atoms with E-state index in [0.717, 1.165) is 11.1 Å². The van der Waals surface area contributed by atoms with E-state index >= 15 is 4.39 Å². The zero-order chi connectivity index (χ0) is 26.3. The van der Waals surface area contributed by atoms with Gasteiger partial charge in [0.1, 0.15) is 12.3 Å². The molecule has 0 spiro atoms. The largest absolute Gasteiger partial charge is 0.493 e. The topological polar surface area (TPSA) is 66.6 Å². The third-order valence-corrected chi connectivity index (χ3v) is 5.02. The Labute approximate surface area is 182 Å². The molecule has 0 radical (unpaired) electrons. The summed E-state index contributed by atoms with van der Waals surface area (Å²) in [5.41, 5.74) is 6.02. The van der Waals surface area contributed by atoms with Crippen LogP contribution in [-0.2, 0) is 6.42 Å². The fourth-order valence-corrected chi connectivity index (χ4v) is 3.43. The van der Waals surface area contributed by atoms with Gasteiger partial charge in [0.25, 0.3) is 0 Å². The molecular formula is C24H23FN2O3. The summed E-state index contributed by atoms with van der Waals surface area (Å²) in [6.45, 7) is -1.00. The number of benzene rings is 2. The number of hydrogen-bond donors (Lipinski definition) is 1. The summed E-state index contributed by atoms with van der Waals surface area (Å²) in [6.07, 6.45) is -1.40. The second-order valence-corrected chi connectivity index (χ2v) is 7.31. The Morgan fingerprint density at radius 1 is 1.20 bits per heavy atom. The molecule has 2 aliphatic rings. The van der Waals surface area contributed by atoms with E-state index in [1.807, 2.05) is 13.0 Å². The molecule has 3 aromatic rings. The average Bonchev–Trinajstić information content (AvgIpc) is 3.07. The highest BCUT2D eigenvalue weighted by molar-refractivity contribution is 5.88. The van der Waals surface area contributed by atoms with Gasteiger partial charge in [0.05, 0.1) is 20.9 Å². The summed E-state index contributed by atoms with van der Waals surface area (Å²) in [5.74, 6) is -0.285. The molecule has 2 aromatic carbocycles. The standard InChI is InChI=1S/C24H23FN2O3/c1-14-9-15-3-4-20(23(25)16(15)10-14)30-19-5-8-27-18-12-22(21(28-2)11-17(18)19)29-13-24(26)6-7-24/h3-5,8,10-12H,6-7,9,13,26H2,1-2H3/i6D2,7D2,13D2. The first-order valence-corrected chi connectivity index (χ1v) is 9.36. The Bertz CT molecular complexity index is 1430. The van der Waals surface area contributed by atoms with Crippen LogP contribution in [0.25, 0.3) is 17.0 Å². The van der Waals surface area contributed by atoms with Gasteiger partial charge in [0, 0.05) is 28.7 Å². The van der Waals surface area contributed by atoms with E-state index in [0.29, 0.717) is 22.9 Å². The van der Waals surface area contributed by atoms with Gasteiger partial charge in [-0.05, 0) is 49.9 Å². The Morgan fingerprint density at radius 3 is 2.80 bits per heavy atom. The van der Waals surface area contributed by atoms with Crippen molar-refractivity contribution in [1.29, 1.82) is 0 Å². The van der Waals surface area contributed by atoms with Crippen molar-refractivity contribution < 1.29 is 26.8 Å². The number of aromatic nitrogens is 1.